The van der Waals surface area contributed by atoms with E-state index in [1.54, 1.807) is 12.1 Å². The average molecular weight is 357 g/mol. The average Bonchev–Trinajstić information content (AvgIpc) is 2.57. The number of hydrazone groups is 1. The first-order chi connectivity index (χ1) is 12.0. The largest absolute Gasteiger partial charge is 0.287 e. The molecule has 1 aliphatic rings. The van der Waals surface area contributed by atoms with Crippen LogP contribution in [-0.2, 0) is 4.79 Å². The molecule has 128 valence electrons. The highest BCUT2D eigenvalue weighted by Gasteiger charge is 2.22. The molecule has 2 aromatic rings. The first-order valence-corrected chi connectivity index (χ1v) is 8.16. The van der Waals surface area contributed by atoms with Gasteiger partial charge in [0.1, 0.15) is 5.82 Å². The number of amides is 2. The summed E-state index contributed by atoms with van der Waals surface area (Å²) in [6.07, 6.45) is 0.386. The molecule has 1 atom stereocenters. The molecule has 2 aromatic carbocycles. The summed E-state index contributed by atoms with van der Waals surface area (Å²) in [6, 6.07) is 12.8. The number of nitrogens with zero attached hydrogens (tertiary/aromatic N) is 2. The molecule has 0 saturated heterocycles. The van der Waals surface area contributed by atoms with Gasteiger partial charge in [0, 0.05) is 23.7 Å². The van der Waals surface area contributed by atoms with E-state index in [1.807, 2.05) is 19.1 Å². The summed E-state index contributed by atoms with van der Waals surface area (Å²) >= 11 is 3.92. The molecule has 3 rings (SSSR count). The van der Waals surface area contributed by atoms with Gasteiger partial charge in [0.15, 0.2) is 0 Å². The van der Waals surface area contributed by atoms with Gasteiger partial charge in [0.2, 0.25) is 5.91 Å². The van der Waals surface area contributed by atoms with Crippen LogP contribution in [0.5, 0.6) is 0 Å². The minimum Gasteiger partial charge on any atom is -0.273 e. The fourth-order valence-electron chi connectivity index (χ4n) is 2.74. The second-order valence-corrected chi connectivity index (χ2v) is 6.16. The fourth-order valence-corrected chi connectivity index (χ4v) is 2.97. The lowest BCUT2D eigenvalue weighted by molar-refractivity contribution is -0.121. The third kappa shape index (κ3) is 3.71. The number of anilines is 2. The number of thiol groups is 1. The number of halogens is 1. The zero-order chi connectivity index (χ0) is 18.0. The van der Waals surface area contributed by atoms with Crippen LogP contribution in [-0.4, -0.2) is 16.9 Å². The molecule has 2 amide bonds. The first-order valence-electron chi connectivity index (χ1n) is 7.71. The molecule has 7 heteroatoms. The van der Waals surface area contributed by atoms with Gasteiger partial charge in [0.25, 0.3) is 5.24 Å². The zero-order valence-corrected chi connectivity index (χ0v) is 14.3. The maximum absolute atomic E-state index is 13.1. The Kier molecular flexibility index (Phi) is 4.85. The van der Waals surface area contributed by atoms with E-state index in [0.29, 0.717) is 17.8 Å². The van der Waals surface area contributed by atoms with Crippen molar-refractivity contribution < 1.29 is 14.0 Å². The van der Waals surface area contributed by atoms with Crippen LogP contribution in [0.3, 0.4) is 0 Å². The Morgan fingerprint density at radius 3 is 2.24 bits per heavy atom. The number of carbonyl (C=O) groups excluding carboxylic acids is 2. The molecule has 0 aliphatic carbocycles. The topological polar surface area (TPSA) is 61.8 Å². The molecule has 0 bridgehead atoms. The van der Waals surface area contributed by atoms with Gasteiger partial charge in [-0.1, -0.05) is 31.7 Å². The summed E-state index contributed by atoms with van der Waals surface area (Å²) in [5, 5.41) is 3.64. The minimum atomic E-state index is -0.477. The zero-order valence-electron chi connectivity index (χ0n) is 13.4. The van der Waals surface area contributed by atoms with Gasteiger partial charge in [-0.2, -0.15) is 5.10 Å². The molecule has 1 N–H and O–H groups in total. The number of hydrogen-bond donors (Lipinski definition) is 2. The van der Waals surface area contributed by atoms with E-state index in [-0.39, 0.29) is 17.6 Å². The summed E-state index contributed by atoms with van der Waals surface area (Å²) < 4.78 is 13.1. The summed E-state index contributed by atoms with van der Waals surface area (Å²) in [6.45, 7) is 1.94. The van der Waals surface area contributed by atoms with Crippen molar-refractivity contribution in [2.24, 2.45) is 11.0 Å². The summed E-state index contributed by atoms with van der Waals surface area (Å²) in [5.41, 5.74) is 5.25. The van der Waals surface area contributed by atoms with Crippen molar-refractivity contribution in [3.63, 3.8) is 0 Å². The van der Waals surface area contributed by atoms with Gasteiger partial charge >= 0.3 is 0 Å². The van der Waals surface area contributed by atoms with Crippen LogP contribution >= 0.6 is 12.6 Å². The quantitative estimate of drug-likeness (QED) is 0.819. The maximum atomic E-state index is 13.1. The molecule has 0 fully saturated rings. The second-order valence-electron chi connectivity index (χ2n) is 5.78. The molecule has 0 radical (unpaired) electrons. The smallest absolute Gasteiger partial charge is 0.273 e. The lowest BCUT2D eigenvalue weighted by Gasteiger charge is -2.22. The number of carbonyl (C=O) groups is 2. The Bertz CT molecular complexity index is 834. The van der Waals surface area contributed by atoms with Crippen LogP contribution in [0.4, 0.5) is 20.6 Å². The molecular formula is C18H16FN3O2S. The van der Waals surface area contributed by atoms with Crippen molar-refractivity contribution in [1.82, 2.24) is 5.43 Å². The van der Waals surface area contributed by atoms with Crippen molar-refractivity contribution in [2.45, 2.75) is 13.3 Å². The van der Waals surface area contributed by atoms with Crippen LogP contribution in [0.25, 0.3) is 0 Å². The van der Waals surface area contributed by atoms with Gasteiger partial charge in [-0.25, -0.2) is 9.82 Å². The normalized spacial score (nSPS) is 16.8. The molecule has 1 unspecified atom stereocenters. The lowest BCUT2D eigenvalue weighted by atomic mass is 9.94. The number of rotatable bonds is 3. The van der Waals surface area contributed by atoms with E-state index in [4.69, 9.17) is 0 Å². The van der Waals surface area contributed by atoms with E-state index < -0.39 is 5.24 Å². The van der Waals surface area contributed by atoms with Gasteiger partial charge in [-0.3, -0.25) is 14.5 Å². The first kappa shape index (κ1) is 17.2. The summed E-state index contributed by atoms with van der Waals surface area (Å²) in [7, 11) is 0. The standard InChI is InChI=1S/C18H16FN3O2S/c1-11-10-16(23)20-21-17(11)12-2-6-14(7-3-12)22(18(24)25)15-8-4-13(19)5-9-15/h2-9,11H,10H2,1H3,(H,20,23)(H,24,25). The predicted molar refractivity (Wildman–Crippen MR) is 97.8 cm³/mol. The highest BCUT2D eigenvalue weighted by atomic mass is 32.1. The van der Waals surface area contributed by atoms with Crippen molar-refractivity contribution in [3.05, 3.63) is 59.9 Å². The second kappa shape index (κ2) is 7.06. The van der Waals surface area contributed by atoms with Crippen LogP contribution in [0, 0.1) is 11.7 Å². The molecule has 25 heavy (non-hydrogen) atoms. The minimum absolute atomic E-state index is 0.0133. The molecule has 1 aliphatic heterocycles. The monoisotopic (exact) mass is 357 g/mol. The third-order valence-corrected chi connectivity index (χ3v) is 4.16. The van der Waals surface area contributed by atoms with Crippen LogP contribution in [0.2, 0.25) is 0 Å². The predicted octanol–water partition coefficient (Wildman–Crippen LogP) is 3.87. The SMILES string of the molecule is CC1CC(=O)NN=C1c1ccc(N(C(=O)S)c2ccc(F)cc2)cc1. The maximum Gasteiger partial charge on any atom is 0.287 e. The van der Waals surface area contributed by atoms with Crippen molar-refractivity contribution in [3.8, 4) is 0 Å². The van der Waals surface area contributed by atoms with Gasteiger partial charge in [-0.05, 0) is 42.0 Å². The van der Waals surface area contributed by atoms with E-state index in [0.717, 1.165) is 11.3 Å². The van der Waals surface area contributed by atoms with Crippen molar-refractivity contribution in [2.75, 3.05) is 4.90 Å². The van der Waals surface area contributed by atoms with Crippen molar-refractivity contribution in [1.29, 1.82) is 0 Å². The fraction of sp³-hybridized carbons (Fsp3) is 0.167. The highest BCUT2D eigenvalue weighted by molar-refractivity contribution is 7.97. The van der Waals surface area contributed by atoms with Gasteiger partial charge in [0.05, 0.1) is 5.71 Å². The van der Waals surface area contributed by atoms with Gasteiger partial charge < -0.3 is 0 Å². The Morgan fingerprint density at radius 1 is 1.16 bits per heavy atom. The van der Waals surface area contributed by atoms with Crippen molar-refractivity contribution >= 4 is 40.9 Å². The molecule has 0 aromatic heterocycles. The van der Waals surface area contributed by atoms with E-state index in [1.165, 1.54) is 29.2 Å². The summed E-state index contributed by atoms with van der Waals surface area (Å²) in [4.78, 5) is 24.7. The molecule has 0 saturated carbocycles. The molecule has 1 heterocycles. The number of benzene rings is 2. The van der Waals surface area contributed by atoms with E-state index in [2.05, 4.69) is 23.2 Å². The number of hydrogen-bond acceptors (Lipinski definition) is 3. The lowest BCUT2D eigenvalue weighted by Crippen LogP contribution is -2.32. The number of nitrogens with one attached hydrogen (secondary N) is 1. The Morgan fingerprint density at radius 2 is 1.72 bits per heavy atom. The van der Waals surface area contributed by atoms with Crippen LogP contribution < -0.4 is 10.3 Å². The third-order valence-electron chi connectivity index (χ3n) is 3.96. The molecular weight excluding hydrogens is 341 g/mol. The Hall–Kier alpha value is -2.67. The Balaban J connectivity index is 1.91. The van der Waals surface area contributed by atoms with Gasteiger partial charge in [-0.15, -0.1) is 0 Å². The van der Waals surface area contributed by atoms with Crippen LogP contribution in [0.1, 0.15) is 18.9 Å². The van der Waals surface area contributed by atoms with E-state index >= 15 is 0 Å². The molecule has 5 nitrogen and oxygen atoms in total. The highest BCUT2D eigenvalue weighted by Crippen LogP contribution is 2.28. The van der Waals surface area contributed by atoms with Crippen LogP contribution in [0.15, 0.2) is 53.6 Å². The Labute approximate surface area is 149 Å². The summed E-state index contributed by atoms with van der Waals surface area (Å²) in [5.74, 6) is -0.465. The molecule has 0 spiro atoms. The van der Waals surface area contributed by atoms with E-state index in [9.17, 15) is 14.0 Å².